The van der Waals surface area contributed by atoms with E-state index in [1.165, 1.54) is 18.9 Å². The zero-order chi connectivity index (χ0) is 13.2. The minimum absolute atomic E-state index is 0.0289. The van der Waals surface area contributed by atoms with Crippen LogP contribution >= 0.6 is 11.3 Å². The number of hydrogen-bond donors (Lipinski definition) is 1. The summed E-state index contributed by atoms with van der Waals surface area (Å²) in [7, 11) is 1.47. The van der Waals surface area contributed by atoms with Gasteiger partial charge in [-0.3, -0.25) is 4.79 Å². The van der Waals surface area contributed by atoms with Crippen molar-refractivity contribution in [2.75, 3.05) is 7.05 Å². The molecule has 0 aliphatic carbocycles. The Morgan fingerprint density at radius 3 is 2.65 bits per heavy atom. The topological polar surface area (TPSA) is 59.2 Å². The summed E-state index contributed by atoms with van der Waals surface area (Å²) in [6, 6.07) is -0.679. The van der Waals surface area contributed by atoms with Crippen LogP contribution in [0, 0.1) is 0 Å². The van der Waals surface area contributed by atoms with E-state index in [-0.39, 0.29) is 17.5 Å². The molecule has 0 spiro atoms. The molecule has 1 atom stereocenters. The molecule has 1 aromatic heterocycles. The summed E-state index contributed by atoms with van der Waals surface area (Å²) in [5, 5.41) is 1.16. The van der Waals surface area contributed by atoms with Crippen molar-refractivity contribution in [1.29, 1.82) is 0 Å². The summed E-state index contributed by atoms with van der Waals surface area (Å²) in [5.74, 6) is -0.339. The van der Waals surface area contributed by atoms with Gasteiger partial charge in [0.2, 0.25) is 5.91 Å². The van der Waals surface area contributed by atoms with Crippen molar-refractivity contribution < 1.29 is 18.0 Å². The van der Waals surface area contributed by atoms with Crippen LogP contribution in [-0.4, -0.2) is 28.9 Å². The molecule has 0 unspecified atom stereocenters. The Morgan fingerprint density at radius 1 is 1.65 bits per heavy atom. The molecule has 96 valence electrons. The van der Waals surface area contributed by atoms with Crippen molar-refractivity contribution in [2.45, 2.75) is 25.7 Å². The Labute approximate surface area is 100 Å². The summed E-state index contributed by atoms with van der Waals surface area (Å²) < 4.78 is 36.8. The first-order valence-corrected chi connectivity index (χ1v) is 5.62. The first-order chi connectivity index (χ1) is 7.71. The van der Waals surface area contributed by atoms with E-state index >= 15 is 0 Å². The Morgan fingerprint density at radius 2 is 2.24 bits per heavy atom. The Hall–Kier alpha value is -1.15. The van der Waals surface area contributed by atoms with Gasteiger partial charge in [0.05, 0.1) is 12.6 Å². The molecule has 1 rings (SSSR count). The molecule has 0 aliphatic heterocycles. The van der Waals surface area contributed by atoms with Gasteiger partial charge in [-0.25, -0.2) is 4.98 Å². The molecule has 17 heavy (non-hydrogen) atoms. The number of aromatic nitrogens is 1. The molecule has 0 aliphatic rings. The molecular formula is C9H12F3N3OS. The Balaban J connectivity index is 2.70. The number of likely N-dealkylation sites (N-methyl/N-ethyl adjacent to an activating group) is 1. The van der Waals surface area contributed by atoms with Gasteiger partial charge in [0, 0.05) is 12.4 Å². The predicted octanol–water partition coefficient (Wildman–Crippen LogP) is 1.47. The Kier molecular flexibility index (Phi) is 4.10. The number of nitrogens with two attached hydrogens (primary N) is 1. The standard InChI is InChI=1S/C9H12F3N3OS/c1-5(13)8(16)15(2)3-7-14-6(4-17-7)9(10,11)12/h4-5H,3,13H2,1-2H3/t5-/m1/s1. The normalized spacial score (nSPS) is 13.5. The zero-order valence-electron chi connectivity index (χ0n) is 9.28. The number of hydrogen-bond acceptors (Lipinski definition) is 4. The third-order valence-electron chi connectivity index (χ3n) is 1.98. The molecule has 1 heterocycles. The van der Waals surface area contributed by atoms with Gasteiger partial charge in [0.15, 0.2) is 5.69 Å². The van der Waals surface area contributed by atoms with Crippen LogP contribution in [0.4, 0.5) is 13.2 Å². The lowest BCUT2D eigenvalue weighted by Crippen LogP contribution is -2.39. The maximum absolute atomic E-state index is 12.3. The maximum atomic E-state index is 12.3. The first kappa shape index (κ1) is 13.9. The number of alkyl halides is 3. The van der Waals surface area contributed by atoms with E-state index in [4.69, 9.17) is 5.73 Å². The third kappa shape index (κ3) is 3.67. The molecule has 0 saturated heterocycles. The highest BCUT2D eigenvalue weighted by Gasteiger charge is 2.33. The average Bonchev–Trinajstić information content (AvgIpc) is 2.64. The second-order valence-corrected chi connectivity index (χ2v) is 4.55. The largest absolute Gasteiger partial charge is 0.434 e. The monoisotopic (exact) mass is 267 g/mol. The Bertz CT molecular complexity index is 402. The highest BCUT2D eigenvalue weighted by molar-refractivity contribution is 7.09. The van der Waals surface area contributed by atoms with E-state index in [9.17, 15) is 18.0 Å². The number of carbonyl (C=O) groups excluding carboxylic acids is 1. The molecule has 0 radical (unpaired) electrons. The van der Waals surface area contributed by atoms with E-state index in [0.717, 1.165) is 16.7 Å². The fourth-order valence-electron chi connectivity index (χ4n) is 1.14. The minimum Gasteiger partial charge on any atom is -0.338 e. The number of rotatable bonds is 3. The van der Waals surface area contributed by atoms with Crippen LogP contribution in [0.3, 0.4) is 0 Å². The van der Waals surface area contributed by atoms with Crippen molar-refractivity contribution >= 4 is 17.2 Å². The van der Waals surface area contributed by atoms with Crippen LogP contribution in [0.1, 0.15) is 17.6 Å². The molecule has 0 aromatic carbocycles. The maximum Gasteiger partial charge on any atom is 0.434 e. The van der Waals surface area contributed by atoms with Gasteiger partial charge in [-0.05, 0) is 6.92 Å². The van der Waals surface area contributed by atoms with E-state index in [0.29, 0.717) is 0 Å². The van der Waals surface area contributed by atoms with Crippen LogP contribution in [0.25, 0.3) is 0 Å². The van der Waals surface area contributed by atoms with Gasteiger partial charge in [0.1, 0.15) is 5.01 Å². The van der Waals surface area contributed by atoms with Crippen LogP contribution < -0.4 is 5.73 Å². The number of nitrogens with zero attached hydrogens (tertiary/aromatic N) is 2. The van der Waals surface area contributed by atoms with Gasteiger partial charge >= 0.3 is 6.18 Å². The quantitative estimate of drug-likeness (QED) is 0.902. The lowest BCUT2D eigenvalue weighted by molar-refractivity contribution is -0.140. The van der Waals surface area contributed by atoms with Gasteiger partial charge in [0.25, 0.3) is 0 Å². The molecule has 0 saturated carbocycles. The summed E-state index contributed by atoms with van der Waals surface area (Å²) in [6.07, 6.45) is -4.45. The third-order valence-corrected chi connectivity index (χ3v) is 2.81. The molecule has 4 nitrogen and oxygen atoms in total. The number of halogens is 3. The van der Waals surface area contributed by atoms with Crippen molar-refractivity contribution in [3.05, 3.63) is 16.1 Å². The molecule has 0 fully saturated rings. The lowest BCUT2D eigenvalue weighted by Gasteiger charge is -2.17. The summed E-state index contributed by atoms with van der Waals surface area (Å²) in [4.78, 5) is 16.1. The van der Waals surface area contributed by atoms with E-state index < -0.39 is 17.9 Å². The molecule has 8 heteroatoms. The van der Waals surface area contributed by atoms with Crippen molar-refractivity contribution in [1.82, 2.24) is 9.88 Å². The molecular weight excluding hydrogens is 255 g/mol. The summed E-state index contributed by atoms with van der Waals surface area (Å²) >= 11 is 0.868. The molecule has 0 bridgehead atoms. The van der Waals surface area contributed by atoms with Crippen molar-refractivity contribution in [3.63, 3.8) is 0 Å². The van der Waals surface area contributed by atoms with Crippen LogP contribution in [-0.2, 0) is 17.5 Å². The van der Waals surface area contributed by atoms with Gasteiger partial charge in [-0.1, -0.05) is 0 Å². The minimum atomic E-state index is -4.45. The second kappa shape index (κ2) is 5.01. The molecule has 2 N–H and O–H groups in total. The van der Waals surface area contributed by atoms with Crippen LogP contribution in [0.5, 0.6) is 0 Å². The highest BCUT2D eigenvalue weighted by atomic mass is 32.1. The van der Waals surface area contributed by atoms with E-state index in [1.807, 2.05) is 0 Å². The summed E-state index contributed by atoms with van der Waals surface area (Å²) in [6.45, 7) is 1.54. The van der Waals surface area contributed by atoms with Crippen LogP contribution in [0.2, 0.25) is 0 Å². The van der Waals surface area contributed by atoms with E-state index in [1.54, 1.807) is 0 Å². The average molecular weight is 267 g/mol. The number of thiazole rings is 1. The lowest BCUT2D eigenvalue weighted by atomic mass is 10.3. The fourth-order valence-corrected chi connectivity index (χ4v) is 2.00. The number of carbonyl (C=O) groups is 1. The van der Waals surface area contributed by atoms with Gasteiger partial charge in [-0.15, -0.1) is 11.3 Å². The van der Waals surface area contributed by atoms with Crippen molar-refractivity contribution in [2.24, 2.45) is 5.73 Å². The second-order valence-electron chi connectivity index (χ2n) is 3.61. The van der Waals surface area contributed by atoms with Crippen LogP contribution in [0.15, 0.2) is 5.38 Å². The summed E-state index contributed by atoms with van der Waals surface area (Å²) in [5.41, 5.74) is 4.45. The molecule has 1 aromatic rings. The smallest absolute Gasteiger partial charge is 0.338 e. The zero-order valence-corrected chi connectivity index (χ0v) is 10.1. The molecule has 1 amide bonds. The number of amides is 1. The highest BCUT2D eigenvalue weighted by Crippen LogP contribution is 2.30. The van der Waals surface area contributed by atoms with Gasteiger partial charge < -0.3 is 10.6 Å². The van der Waals surface area contributed by atoms with E-state index in [2.05, 4.69) is 4.98 Å². The first-order valence-electron chi connectivity index (χ1n) is 4.74. The SMILES string of the molecule is C[C@@H](N)C(=O)N(C)Cc1nc(C(F)(F)F)cs1. The predicted molar refractivity (Wildman–Crippen MR) is 57.2 cm³/mol. The van der Waals surface area contributed by atoms with Gasteiger partial charge in [-0.2, -0.15) is 13.2 Å². The van der Waals surface area contributed by atoms with Crippen molar-refractivity contribution in [3.8, 4) is 0 Å². The fraction of sp³-hybridized carbons (Fsp3) is 0.556.